The lowest BCUT2D eigenvalue weighted by molar-refractivity contribution is 0.101. The fourth-order valence-electron chi connectivity index (χ4n) is 3.25. The molecular formula is C23H27N3O2. The summed E-state index contributed by atoms with van der Waals surface area (Å²) in [7, 11) is 1.55. The third kappa shape index (κ3) is 3.93. The zero-order valence-corrected chi connectivity index (χ0v) is 17.1. The van der Waals surface area contributed by atoms with Crippen LogP contribution in [0.1, 0.15) is 61.1 Å². The quantitative estimate of drug-likeness (QED) is 0.627. The van der Waals surface area contributed by atoms with Crippen LogP contribution in [0.2, 0.25) is 0 Å². The van der Waals surface area contributed by atoms with Gasteiger partial charge in [0.25, 0.3) is 5.91 Å². The SMILES string of the molecule is COc1cn(-c2ccccc2)nc1C(=O)Nc1c(C(C)C)cccc1C(C)C. The van der Waals surface area contributed by atoms with E-state index in [9.17, 15) is 4.79 Å². The van der Waals surface area contributed by atoms with Crippen molar-refractivity contribution >= 4 is 11.6 Å². The average molecular weight is 377 g/mol. The Kier molecular flexibility index (Phi) is 5.83. The number of hydrogen-bond donors (Lipinski definition) is 1. The van der Waals surface area contributed by atoms with Gasteiger partial charge < -0.3 is 10.1 Å². The Morgan fingerprint density at radius 1 is 0.964 bits per heavy atom. The number of aromatic nitrogens is 2. The smallest absolute Gasteiger partial charge is 0.280 e. The van der Waals surface area contributed by atoms with Gasteiger partial charge in [0, 0.05) is 5.69 Å². The molecule has 1 N–H and O–H groups in total. The zero-order chi connectivity index (χ0) is 20.3. The Bertz CT molecular complexity index is 933. The van der Waals surface area contributed by atoms with E-state index in [1.807, 2.05) is 36.4 Å². The van der Waals surface area contributed by atoms with Crippen LogP contribution in [0.3, 0.4) is 0 Å². The van der Waals surface area contributed by atoms with Crippen LogP contribution in [-0.2, 0) is 0 Å². The Balaban J connectivity index is 1.99. The standard InChI is InChI=1S/C23H27N3O2/c1-15(2)18-12-9-13-19(16(3)4)21(18)24-23(27)22-20(28-5)14-26(25-22)17-10-7-6-8-11-17/h6-16H,1-5H3,(H,24,27). The van der Waals surface area contributed by atoms with Crippen LogP contribution in [0.15, 0.2) is 54.7 Å². The maximum absolute atomic E-state index is 13.1. The molecule has 28 heavy (non-hydrogen) atoms. The molecule has 0 spiro atoms. The molecule has 0 saturated heterocycles. The van der Waals surface area contributed by atoms with Gasteiger partial charge in [-0.15, -0.1) is 0 Å². The number of carbonyl (C=O) groups is 1. The fraction of sp³-hybridized carbons (Fsp3) is 0.304. The summed E-state index contributed by atoms with van der Waals surface area (Å²) in [5.41, 5.74) is 4.22. The lowest BCUT2D eigenvalue weighted by atomic mass is 9.92. The molecule has 5 heteroatoms. The van der Waals surface area contributed by atoms with E-state index in [1.54, 1.807) is 18.0 Å². The second kappa shape index (κ2) is 8.30. The monoisotopic (exact) mass is 377 g/mol. The Labute approximate surface area is 166 Å². The number of nitrogens with zero attached hydrogens (tertiary/aromatic N) is 2. The summed E-state index contributed by atoms with van der Waals surface area (Å²) in [5, 5.41) is 7.58. The van der Waals surface area contributed by atoms with Crippen LogP contribution in [-0.4, -0.2) is 22.8 Å². The van der Waals surface area contributed by atoms with E-state index in [-0.39, 0.29) is 23.4 Å². The third-order valence-corrected chi connectivity index (χ3v) is 4.75. The number of carbonyl (C=O) groups excluding carboxylic acids is 1. The van der Waals surface area contributed by atoms with Gasteiger partial charge in [-0.25, -0.2) is 4.68 Å². The van der Waals surface area contributed by atoms with E-state index in [0.29, 0.717) is 5.75 Å². The summed E-state index contributed by atoms with van der Waals surface area (Å²) in [4.78, 5) is 13.1. The van der Waals surface area contributed by atoms with Gasteiger partial charge in [0.1, 0.15) is 0 Å². The molecule has 0 atom stereocenters. The van der Waals surface area contributed by atoms with Crippen molar-refractivity contribution in [1.82, 2.24) is 9.78 Å². The van der Waals surface area contributed by atoms with Gasteiger partial charge in [-0.1, -0.05) is 64.1 Å². The topological polar surface area (TPSA) is 56.2 Å². The van der Waals surface area contributed by atoms with Crippen LogP contribution in [0.5, 0.6) is 5.75 Å². The molecule has 0 aliphatic carbocycles. The fourth-order valence-corrected chi connectivity index (χ4v) is 3.25. The molecule has 146 valence electrons. The summed E-state index contributed by atoms with van der Waals surface area (Å²) in [6.07, 6.45) is 1.72. The van der Waals surface area contributed by atoms with E-state index < -0.39 is 0 Å². The maximum atomic E-state index is 13.1. The minimum absolute atomic E-state index is 0.264. The first-order valence-corrected chi connectivity index (χ1v) is 9.55. The van der Waals surface area contributed by atoms with Crippen molar-refractivity contribution in [1.29, 1.82) is 0 Å². The molecule has 1 aromatic heterocycles. The molecule has 0 bridgehead atoms. The van der Waals surface area contributed by atoms with Gasteiger partial charge in [-0.05, 0) is 35.1 Å². The molecule has 0 radical (unpaired) electrons. The van der Waals surface area contributed by atoms with Crippen LogP contribution in [0.4, 0.5) is 5.69 Å². The van der Waals surface area contributed by atoms with Crippen LogP contribution in [0.25, 0.3) is 5.69 Å². The Morgan fingerprint density at radius 3 is 2.11 bits per heavy atom. The van der Waals surface area contributed by atoms with Gasteiger partial charge in [0.2, 0.25) is 0 Å². The van der Waals surface area contributed by atoms with Crippen LogP contribution < -0.4 is 10.1 Å². The van der Waals surface area contributed by atoms with Gasteiger partial charge in [-0.2, -0.15) is 5.10 Å². The van der Waals surface area contributed by atoms with E-state index in [1.165, 1.54) is 0 Å². The van der Waals surface area contributed by atoms with Crippen LogP contribution >= 0.6 is 0 Å². The number of ether oxygens (including phenoxy) is 1. The summed E-state index contributed by atoms with van der Waals surface area (Å²) >= 11 is 0. The third-order valence-electron chi connectivity index (χ3n) is 4.75. The number of anilines is 1. The molecule has 3 rings (SSSR count). The normalized spacial score (nSPS) is 11.1. The molecule has 2 aromatic carbocycles. The molecule has 1 heterocycles. The number of amides is 1. The number of nitrogens with one attached hydrogen (secondary N) is 1. The molecule has 0 fully saturated rings. The van der Waals surface area contributed by atoms with Gasteiger partial charge in [0.15, 0.2) is 11.4 Å². The van der Waals surface area contributed by atoms with Gasteiger partial charge in [-0.3, -0.25) is 4.79 Å². The van der Waals surface area contributed by atoms with E-state index in [4.69, 9.17) is 4.74 Å². The molecule has 0 saturated carbocycles. The first-order valence-electron chi connectivity index (χ1n) is 9.55. The number of methoxy groups -OCH3 is 1. The lowest BCUT2D eigenvalue weighted by Crippen LogP contribution is -2.17. The van der Waals surface area contributed by atoms with Crippen molar-refractivity contribution < 1.29 is 9.53 Å². The highest BCUT2D eigenvalue weighted by Gasteiger charge is 2.22. The van der Waals surface area contributed by atoms with E-state index in [2.05, 4.69) is 50.2 Å². The highest BCUT2D eigenvalue weighted by Crippen LogP contribution is 2.33. The van der Waals surface area contributed by atoms with Gasteiger partial charge in [0.05, 0.1) is 19.0 Å². The first-order chi connectivity index (χ1) is 13.4. The second-order valence-electron chi connectivity index (χ2n) is 7.40. The lowest BCUT2D eigenvalue weighted by Gasteiger charge is -2.20. The summed E-state index contributed by atoms with van der Waals surface area (Å²) in [6, 6.07) is 15.8. The second-order valence-corrected chi connectivity index (χ2v) is 7.40. The molecule has 0 aliphatic rings. The number of benzene rings is 2. The largest absolute Gasteiger partial charge is 0.493 e. The maximum Gasteiger partial charge on any atom is 0.280 e. The molecule has 3 aromatic rings. The number of rotatable bonds is 6. The highest BCUT2D eigenvalue weighted by molar-refractivity contribution is 6.05. The molecule has 5 nitrogen and oxygen atoms in total. The number of para-hydroxylation sites is 2. The van der Waals surface area contributed by atoms with Crippen molar-refractivity contribution in [2.45, 2.75) is 39.5 Å². The zero-order valence-electron chi connectivity index (χ0n) is 17.1. The van der Waals surface area contributed by atoms with Crippen molar-refractivity contribution in [3.63, 3.8) is 0 Å². The number of hydrogen-bond acceptors (Lipinski definition) is 3. The Morgan fingerprint density at radius 2 is 1.57 bits per heavy atom. The van der Waals surface area contributed by atoms with Crippen molar-refractivity contribution in [2.24, 2.45) is 0 Å². The molecular weight excluding hydrogens is 350 g/mol. The first kappa shape index (κ1) is 19.7. The minimum Gasteiger partial charge on any atom is -0.493 e. The highest BCUT2D eigenvalue weighted by atomic mass is 16.5. The summed E-state index contributed by atoms with van der Waals surface area (Å²) < 4.78 is 7.08. The molecule has 0 unspecified atom stereocenters. The van der Waals surface area contributed by atoms with E-state index >= 15 is 0 Å². The van der Waals surface area contributed by atoms with Crippen molar-refractivity contribution in [2.75, 3.05) is 12.4 Å². The van der Waals surface area contributed by atoms with Crippen LogP contribution in [0, 0.1) is 0 Å². The van der Waals surface area contributed by atoms with Gasteiger partial charge >= 0.3 is 0 Å². The Hall–Kier alpha value is -3.08. The molecule has 0 aliphatic heterocycles. The summed E-state index contributed by atoms with van der Waals surface area (Å²) in [5.74, 6) is 0.742. The van der Waals surface area contributed by atoms with Crippen molar-refractivity contribution in [3.05, 3.63) is 71.5 Å². The van der Waals surface area contributed by atoms with E-state index in [0.717, 1.165) is 22.5 Å². The predicted octanol–water partition coefficient (Wildman–Crippen LogP) is 5.38. The average Bonchev–Trinajstić information content (AvgIpc) is 3.13. The predicted molar refractivity (Wildman–Crippen MR) is 113 cm³/mol. The minimum atomic E-state index is -0.276. The summed E-state index contributed by atoms with van der Waals surface area (Å²) in [6.45, 7) is 8.50. The molecule has 1 amide bonds. The van der Waals surface area contributed by atoms with Crippen molar-refractivity contribution in [3.8, 4) is 11.4 Å².